The second-order valence-corrected chi connectivity index (χ2v) is 7.37. The number of rotatable bonds is 14. The van der Waals surface area contributed by atoms with Gasteiger partial charge in [0.1, 0.15) is 13.2 Å². The Morgan fingerprint density at radius 3 is 1.81 bits per heavy atom. The maximum atomic E-state index is 12.6. The zero-order valence-electron chi connectivity index (χ0n) is 17.5. The van der Waals surface area contributed by atoms with Crippen LogP contribution in [0.4, 0.5) is 0 Å². The predicted molar refractivity (Wildman–Crippen MR) is 105 cm³/mol. The molecule has 2 unspecified atom stereocenters. The molecular formula is C21H39NO5. The molecule has 2 atom stereocenters. The molecule has 0 amide bonds. The Morgan fingerprint density at radius 2 is 1.33 bits per heavy atom. The average molecular weight is 386 g/mol. The summed E-state index contributed by atoms with van der Waals surface area (Å²) in [4.78, 5) is 27.3. The second-order valence-electron chi connectivity index (χ2n) is 7.37. The van der Waals surface area contributed by atoms with E-state index < -0.39 is 0 Å². The van der Waals surface area contributed by atoms with Crippen molar-refractivity contribution in [3.05, 3.63) is 0 Å². The lowest BCUT2D eigenvalue weighted by atomic mass is 9.79. The lowest BCUT2D eigenvalue weighted by molar-refractivity contribution is -0.163. The molecule has 0 bridgehead atoms. The molecule has 27 heavy (non-hydrogen) atoms. The Kier molecular flexibility index (Phi) is 13.2. The van der Waals surface area contributed by atoms with Crippen molar-refractivity contribution in [2.75, 3.05) is 46.6 Å². The van der Waals surface area contributed by atoms with Gasteiger partial charge in [-0.25, -0.2) is 0 Å². The number of nitrogens with zero attached hydrogens (tertiary/aromatic N) is 1. The first kappa shape index (κ1) is 23.9. The molecule has 0 saturated heterocycles. The molecule has 0 radical (unpaired) electrons. The van der Waals surface area contributed by atoms with Gasteiger partial charge in [0, 0.05) is 13.7 Å². The van der Waals surface area contributed by atoms with E-state index in [4.69, 9.17) is 14.2 Å². The van der Waals surface area contributed by atoms with E-state index in [1.54, 1.807) is 7.11 Å². The zero-order valence-corrected chi connectivity index (χ0v) is 17.5. The summed E-state index contributed by atoms with van der Waals surface area (Å²) in [6.07, 6.45) is 7.97. The van der Waals surface area contributed by atoms with Crippen LogP contribution in [-0.2, 0) is 23.8 Å². The van der Waals surface area contributed by atoms with Crippen LogP contribution >= 0.6 is 0 Å². The van der Waals surface area contributed by atoms with Gasteiger partial charge in [-0.3, -0.25) is 14.5 Å². The van der Waals surface area contributed by atoms with Crippen LogP contribution in [0.2, 0.25) is 0 Å². The normalized spacial score (nSPS) is 19.9. The van der Waals surface area contributed by atoms with Crippen LogP contribution in [0.3, 0.4) is 0 Å². The number of hydrogen-bond donors (Lipinski definition) is 0. The zero-order chi connectivity index (χ0) is 19.9. The van der Waals surface area contributed by atoms with E-state index in [1.807, 2.05) is 0 Å². The molecule has 1 saturated carbocycles. The largest absolute Gasteiger partial charge is 0.464 e. The van der Waals surface area contributed by atoms with Gasteiger partial charge in [0.05, 0.1) is 18.4 Å². The van der Waals surface area contributed by atoms with Gasteiger partial charge < -0.3 is 14.2 Å². The summed E-state index contributed by atoms with van der Waals surface area (Å²) in [7, 11) is 1.57. The fourth-order valence-electron chi connectivity index (χ4n) is 3.51. The third kappa shape index (κ3) is 9.56. The summed E-state index contributed by atoms with van der Waals surface area (Å²) in [5.74, 6) is -1.27. The number of methoxy groups -OCH3 is 1. The molecule has 0 aromatic heterocycles. The molecule has 0 heterocycles. The molecule has 158 valence electrons. The fourth-order valence-corrected chi connectivity index (χ4v) is 3.51. The molecule has 6 nitrogen and oxygen atoms in total. The smallest absolute Gasteiger partial charge is 0.309 e. The van der Waals surface area contributed by atoms with E-state index >= 15 is 0 Å². The van der Waals surface area contributed by atoms with E-state index in [9.17, 15) is 9.59 Å². The van der Waals surface area contributed by atoms with Crippen LogP contribution in [0.1, 0.15) is 65.2 Å². The predicted octanol–water partition coefficient (Wildman–Crippen LogP) is 3.43. The highest BCUT2D eigenvalue weighted by Crippen LogP contribution is 2.32. The van der Waals surface area contributed by atoms with Gasteiger partial charge in [-0.15, -0.1) is 0 Å². The maximum Gasteiger partial charge on any atom is 0.309 e. The van der Waals surface area contributed by atoms with Gasteiger partial charge >= 0.3 is 11.9 Å². The Bertz CT molecular complexity index is 407. The van der Waals surface area contributed by atoms with E-state index in [1.165, 1.54) is 0 Å². The van der Waals surface area contributed by atoms with E-state index in [0.29, 0.717) is 26.1 Å². The highest BCUT2D eigenvalue weighted by molar-refractivity contribution is 5.82. The Labute approximate surface area is 164 Å². The summed E-state index contributed by atoms with van der Waals surface area (Å²) >= 11 is 0. The monoisotopic (exact) mass is 385 g/mol. The Morgan fingerprint density at radius 1 is 0.815 bits per heavy atom. The highest BCUT2D eigenvalue weighted by Gasteiger charge is 2.37. The quantitative estimate of drug-likeness (QED) is 0.337. The Balaban J connectivity index is 2.45. The van der Waals surface area contributed by atoms with E-state index in [-0.39, 0.29) is 30.4 Å². The first-order valence-electron chi connectivity index (χ1n) is 10.7. The van der Waals surface area contributed by atoms with Gasteiger partial charge in [-0.2, -0.15) is 0 Å². The second kappa shape index (κ2) is 14.9. The number of ether oxygens (including phenoxy) is 3. The van der Waals surface area contributed by atoms with Crippen molar-refractivity contribution >= 4 is 11.9 Å². The van der Waals surface area contributed by atoms with Crippen LogP contribution in [0.5, 0.6) is 0 Å². The Hall–Kier alpha value is -1.14. The van der Waals surface area contributed by atoms with E-state index in [0.717, 1.165) is 58.2 Å². The van der Waals surface area contributed by atoms with Crippen molar-refractivity contribution in [3.63, 3.8) is 0 Å². The molecule has 0 aliphatic heterocycles. The number of carbonyl (C=O) groups excluding carboxylic acids is 2. The summed E-state index contributed by atoms with van der Waals surface area (Å²) in [5, 5.41) is 0. The van der Waals surface area contributed by atoms with Crippen molar-refractivity contribution in [1.82, 2.24) is 4.90 Å². The van der Waals surface area contributed by atoms with Crippen LogP contribution in [-0.4, -0.2) is 63.4 Å². The molecule has 6 heteroatoms. The third-order valence-electron chi connectivity index (χ3n) is 5.21. The van der Waals surface area contributed by atoms with Crippen molar-refractivity contribution in [2.24, 2.45) is 11.8 Å². The van der Waals surface area contributed by atoms with Gasteiger partial charge in [0.15, 0.2) is 0 Å². The molecule has 0 spiro atoms. The first-order chi connectivity index (χ1) is 13.1. The molecule has 1 aliphatic carbocycles. The molecular weight excluding hydrogens is 346 g/mol. The first-order valence-corrected chi connectivity index (χ1v) is 10.7. The number of esters is 2. The molecule has 0 aromatic rings. The standard InChI is InChI=1S/C21H39NO5/c1-4-6-12-22(13-7-5-2)14-15-26-20(23)18-10-8-9-11-19(18)21(24)27-17-16-25-3/h18-19H,4-17H2,1-3H3. The summed E-state index contributed by atoms with van der Waals surface area (Å²) in [5.41, 5.74) is 0. The van der Waals surface area contributed by atoms with Crippen molar-refractivity contribution in [2.45, 2.75) is 65.2 Å². The maximum absolute atomic E-state index is 12.6. The van der Waals surface area contributed by atoms with Gasteiger partial charge in [-0.05, 0) is 38.8 Å². The van der Waals surface area contributed by atoms with Gasteiger partial charge in [0.2, 0.25) is 0 Å². The van der Waals surface area contributed by atoms with Crippen LogP contribution in [0, 0.1) is 11.8 Å². The van der Waals surface area contributed by atoms with Crippen molar-refractivity contribution in [3.8, 4) is 0 Å². The van der Waals surface area contributed by atoms with Gasteiger partial charge in [0.25, 0.3) is 0 Å². The van der Waals surface area contributed by atoms with Gasteiger partial charge in [-0.1, -0.05) is 39.5 Å². The van der Waals surface area contributed by atoms with Crippen molar-refractivity contribution < 1.29 is 23.8 Å². The molecule has 1 rings (SSSR count). The molecule has 0 N–H and O–H groups in total. The lowest BCUT2D eigenvalue weighted by Gasteiger charge is -2.28. The summed E-state index contributed by atoms with van der Waals surface area (Å²) in [6.45, 7) is 8.24. The lowest BCUT2D eigenvalue weighted by Crippen LogP contribution is -2.37. The SMILES string of the molecule is CCCCN(CCCC)CCOC(=O)C1CCCCC1C(=O)OCCOC. The number of hydrogen-bond acceptors (Lipinski definition) is 6. The number of carbonyl (C=O) groups is 2. The average Bonchev–Trinajstić information content (AvgIpc) is 2.69. The summed E-state index contributed by atoms with van der Waals surface area (Å²) in [6, 6.07) is 0. The number of unbranched alkanes of at least 4 members (excludes halogenated alkanes) is 2. The summed E-state index contributed by atoms with van der Waals surface area (Å²) < 4.78 is 15.7. The van der Waals surface area contributed by atoms with Crippen LogP contribution in [0.15, 0.2) is 0 Å². The van der Waals surface area contributed by atoms with Crippen LogP contribution in [0.25, 0.3) is 0 Å². The minimum atomic E-state index is -0.376. The minimum Gasteiger partial charge on any atom is -0.464 e. The third-order valence-corrected chi connectivity index (χ3v) is 5.21. The van der Waals surface area contributed by atoms with Crippen LogP contribution < -0.4 is 0 Å². The highest BCUT2D eigenvalue weighted by atomic mass is 16.6. The molecule has 1 fully saturated rings. The fraction of sp³-hybridized carbons (Fsp3) is 0.905. The minimum absolute atomic E-state index is 0.234. The van der Waals surface area contributed by atoms with Crippen molar-refractivity contribution in [1.29, 1.82) is 0 Å². The van der Waals surface area contributed by atoms with E-state index in [2.05, 4.69) is 18.7 Å². The molecule has 0 aromatic carbocycles. The molecule has 1 aliphatic rings. The topological polar surface area (TPSA) is 65.1 Å².